The molecule has 0 aromatic heterocycles. The first-order valence-electron chi connectivity index (χ1n) is 4.99. The van der Waals surface area contributed by atoms with E-state index in [2.05, 4.69) is 12.2 Å². The Morgan fingerprint density at radius 1 is 1.53 bits per heavy atom. The number of hydrogen-bond acceptors (Lipinski definition) is 3. The topological polar surface area (TPSA) is 55.1 Å². The Hall–Kier alpha value is -1.00. The van der Waals surface area contributed by atoms with Crippen molar-refractivity contribution in [2.24, 2.45) is 5.73 Å². The Morgan fingerprint density at radius 2 is 2.33 bits per heavy atom. The molecule has 0 unspecified atom stereocenters. The van der Waals surface area contributed by atoms with E-state index >= 15 is 0 Å². The molecule has 82 valence electrons. The quantitative estimate of drug-likeness (QED) is 0.753. The third-order valence-corrected chi connectivity index (χ3v) is 2.68. The largest absolute Gasteiger partial charge is 0.330 e. The normalized spacial score (nSPS) is 10.0. The Balaban J connectivity index is 2.60. The van der Waals surface area contributed by atoms with E-state index in [9.17, 15) is 4.79 Å². The van der Waals surface area contributed by atoms with Crippen LogP contribution >= 0.6 is 11.8 Å². The highest BCUT2D eigenvalue weighted by Gasteiger charge is 2.01. The highest BCUT2D eigenvalue weighted by Crippen LogP contribution is 2.21. The average molecular weight is 224 g/mol. The van der Waals surface area contributed by atoms with Gasteiger partial charge in [-0.1, -0.05) is 13.0 Å². The molecule has 0 saturated heterocycles. The maximum atomic E-state index is 11.3. The molecule has 3 nitrogen and oxygen atoms in total. The predicted molar refractivity (Wildman–Crippen MR) is 65.1 cm³/mol. The average Bonchev–Trinajstić information content (AvgIpc) is 2.19. The summed E-state index contributed by atoms with van der Waals surface area (Å²) in [5, 5.41) is 2.81. The molecule has 0 aliphatic carbocycles. The van der Waals surface area contributed by atoms with Crippen molar-refractivity contribution in [2.45, 2.75) is 18.2 Å². The zero-order chi connectivity index (χ0) is 11.1. The van der Waals surface area contributed by atoms with Crippen LogP contribution in [0.1, 0.15) is 13.3 Å². The molecule has 0 spiro atoms. The van der Waals surface area contributed by atoms with E-state index in [0.29, 0.717) is 13.0 Å². The van der Waals surface area contributed by atoms with Crippen molar-refractivity contribution in [3.63, 3.8) is 0 Å². The molecule has 0 aliphatic heterocycles. The summed E-state index contributed by atoms with van der Waals surface area (Å²) in [7, 11) is 0. The van der Waals surface area contributed by atoms with Crippen LogP contribution in [-0.4, -0.2) is 18.2 Å². The lowest BCUT2D eigenvalue weighted by molar-refractivity contribution is -0.116. The lowest BCUT2D eigenvalue weighted by Crippen LogP contribution is -2.16. The fourth-order valence-electron chi connectivity index (χ4n) is 1.18. The molecule has 0 saturated carbocycles. The van der Waals surface area contributed by atoms with Crippen LogP contribution in [0.25, 0.3) is 0 Å². The van der Waals surface area contributed by atoms with E-state index in [-0.39, 0.29) is 5.91 Å². The maximum Gasteiger partial charge on any atom is 0.225 e. The Bertz CT molecular complexity index is 328. The maximum absolute atomic E-state index is 11.3. The van der Waals surface area contributed by atoms with Gasteiger partial charge in [-0.15, -0.1) is 11.8 Å². The molecule has 0 atom stereocenters. The molecule has 4 heteroatoms. The number of benzene rings is 1. The first-order chi connectivity index (χ1) is 7.26. The zero-order valence-corrected chi connectivity index (χ0v) is 9.64. The van der Waals surface area contributed by atoms with E-state index in [4.69, 9.17) is 5.73 Å². The minimum Gasteiger partial charge on any atom is -0.330 e. The van der Waals surface area contributed by atoms with Crippen LogP contribution in [0, 0.1) is 0 Å². The molecule has 3 N–H and O–H groups in total. The van der Waals surface area contributed by atoms with Crippen LogP contribution in [0.2, 0.25) is 0 Å². The second-order valence-electron chi connectivity index (χ2n) is 3.05. The monoisotopic (exact) mass is 224 g/mol. The molecule has 0 fully saturated rings. The molecule has 1 aromatic carbocycles. The van der Waals surface area contributed by atoms with Crippen LogP contribution in [0.4, 0.5) is 5.69 Å². The molecular formula is C11H16N2OS. The van der Waals surface area contributed by atoms with Crippen LogP contribution < -0.4 is 11.1 Å². The van der Waals surface area contributed by atoms with E-state index in [1.807, 2.05) is 24.3 Å². The summed E-state index contributed by atoms with van der Waals surface area (Å²) in [5.74, 6) is 0.997. The number of anilines is 1. The van der Waals surface area contributed by atoms with E-state index in [1.165, 1.54) is 4.90 Å². The highest BCUT2D eigenvalue weighted by molar-refractivity contribution is 7.99. The Morgan fingerprint density at radius 3 is 3.00 bits per heavy atom. The molecule has 15 heavy (non-hydrogen) atoms. The second kappa shape index (κ2) is 6.48. The number of rotatable bonds is 5. The molecule has 1 rings (SSSR count). The summed E-state index contributed by atoms with van der Waals surface area (Å²) in [6, 6.07) is 7.83. The first-order valence-corrected chi connectivity index (χ1v) is 5.97. The van der Waals surface area contributed by atoms with Gasteiger partial charge in [0.1, 0.15) is 0 Å². The number of amides is 1. The molecule has 0 heterocycles. The van der Waals surface area contributed by atoms with Crippen molar-refractivity contribution in [1.82, 2.24) is 0 Å². The van der Waals surface area contributed by atoms with Crippen LogP contribution in [0.15, 0.2) is 29.2 Å². The molecule has 0 radical (unpaired) electrons. The van der Waals surface area contributed by atoms with Gasteiger partial charge in [-0.05, 0) is 24.0 Å². The third kappa shape index (κ3) is 4.36. The fourth-order valence-corrected chi connectivity index (χ4v) is 1.90. The summed E-state index contributed by atoms with van der Waals surface area (Å²) in [6.07, 6.45) is 0.366. The Labute approximate surface area is 94.4 Å². The Kier molecular flexibility index (Phi) is 5.21. The molecule has 0 bridgehead atoms. The number of carbonyl (C=O) groups excluding carboxylic acids is 1. The van der Waals surface area contributed by atoms with Gasteiger partial charge in [0.15, 0.2) is 0 Å². The number of thioether (sulfide) groups is 1. The van der Waals surface area contributed by atoms with E-state index < -0.39 is 0 Å². The zero-order valence-electron chi connectivity index (χ0n) is 8.82. The van der Waals surface area contributed by atoms with Gasteiger partial charge in [0.2, 0.25) is 5.91 Å². The number of hydrogen-bond donors (Lipinski definition) is 2. The van der Waals surface area contributed by atoms with Crippen molar-refractivity contribution in [2.75, 3.05) is 17.6 Å². The van der Waals surface area contributed by atoms with Gasteiger partial charge in [0, 0.05) is 23.5 Å². The van der Waals surface area contributed by atoms with E-state index in [1.54, 1.807) is 11.8 Å². The fraction of sp³-hybridized carbons (Fsp3) is 0.364. The van der Waals surface area contributed by atoms with Gasteiger partial charge in [-0.3, -0.25) is 4.79 Å². The van der Waals surface area contributed by atoms with Gasteiger partial charge in [0.05, 0.1) is 0 Å². The van der Waals surface area contributed by atoms with E-state index in [0.717, 1.165) is 11.4 Å². The third-order valence-electron chi connectivity index (χ3n) is 1.80. The minimum absolute atomic E-state index is 0.0313. The summed E-state index contributed by atoms with van der Waals surface area (Å²) in [5.41, 5.74) is 6.14. The first kappa shape index (κ1) is 12.1. The van der Waals surface area contributed by atoms with Gasteiger partial charge >= 0.3 is 0 Å². The van der Waals surface area contributed by atoms with Gasteiger partial charge in [-0.25, -0.2) is 0 Å². The number of carbonyl (C=O) groups is 1. The van der Waals surface area contributed by atoms with Gasteiger partial charge in [-0.2, -0.15) is 0 Å². The van der Waals surface area contributed by atoms with Crippen molar-refractivity contribution in [3.8, 4) is 0 Å². The van der Waals surface area contributed by atoms with Gasteiger partial charge in [0.25, 0.3) is 0 Å². The highest BCUT2D eigenvalue weighted by atomic mass is 32.2. The summed E-state index contributed by atoms with van der Waals surface area (Å²) < 4.78 is 0. The van der Waals surface area contributed by atoms with Crippen LogP contribution in [0.3, 0.4) is 0 Å². The molecular weight excluding hydrogens is 208 g/mol. The van der Waals surface area contributed by atoms with Crippen molar-refractivity contribution in [3.05, 3.63) is 24.3 Å². The SMILES string of the molecule is CCSc1cccc(NC(=O)CCN)c1. The summed E-state index contributed by atoms with van der Waals surface area (Å²) in [4.78, 5) is 12.5. The van der Waals surface area contributed by atoms with Crippen molar-refractivity contribution < 1.29 is 4.79 Å². The second-order valence-corrected chi connectivity index (χ2v) is 4.39. The number of nitrogens with one attached hydrogen (secondary N) is 1. The van der Waals surface area contributed by atoms with Crippen molar-refractivity contribution in [1.29, 1.82) is 0 Å². The molecule has 1 amide bonds. The lowest BCUT2D eigenvalue weighted by atomic mass is 10.3. The van der Waals surface area contributed by atoms with Crippen LogP contribution in [0.5, 0.6) is 0 Å². The summed E-state index contributed by atoms with van der Waals surface area (Å²) in [6.45, 7) is 2.49. The van der Waals surface area contributed by atoms with Crippen LogP contribution in [-0.2, 0) is 4.79 Å². The number of nitrogens with two attached hydrogens (primary N) is 1. The lowest BCUT2D eigenvalue weighted by Gasteiger charge is -2.05. The molecule has 0 aliphatic rings. The minimum atomic E-state index is -0.0313. The summed E-state index contributed by atoms with van der Waals surface area (Å²) >= 11 is 1.75. The van der Waals surface area contributed by atoms with Crippen molar-refractivity contribution >= 4 is 23.4 Å². The molecule has 1 aromatic rings. The standard InChI is InChI=1S/C11H16N2OS/c1-2-15-10-5-3-4-9(8-10)13-11(14)6-7-12/h3-5,8H,2,6-7,12H2,1H3,(H,13,14). The van der Waals surface area contributed by atoms with Gasteiger partial charge < -0.3 is 11.1 Å². The predicted octanol–water partition coefficient (Wildman–Crippen LogP) is 2.09. The smallest absolute Gasteiger partial charge is 0.225 e.